The van der Waals surface area contributed by atoms with E-state index in [0.29, 0.717) is 21.5 Å². The van der Waals surface area contributed by atoms with Crippen LogP contribution in [0.4, 0.5) is 0 Å². The van der Waals surface area contributed by atoms with Gasteiger partial charge in [-0.2, -0.15) is 5.10 Å². The normalized spacial score (nSPS) is 10.8. The number of hydrazone groups is 1. The maximum atomic E-state index is 5.91. The highest BCUT2D eigenvalue weighted by Crippen LogP contribution is 2.29. The first-order valence-corrected chi connectivity index (χ1v) is 5.91. The first-order chi connectivity index (χ1) is 8.69. The molecule has 0 bridgehead atoms. The summed E-state index contributed by atoms with van der Waals surface area (Å²) in [5.74, 6) is 6.39. The number of nitrogens with two attached hydrogens (primary N) is 1. The van der Waals surface area contributed by atoms with Gasteiger partial charge < -0.3 is 10.6 Å². The van der Waals surface area contributed by atoms with Crippen LogP contribution in [0.3, 0.4) is 0 Å². The van der Waals surface area contributed by atoms with E-state index in [1.165, 1.54) is 0 Å². The maximum absolute atomic E-state index is 5.91. The molecule has 0 unspecified atom stereocenters. The monoisotopic (exact) mass is 280 g/mol. The fourth-order valence-electron chi connectivity index (χ4n) is 1.42. The summed E-state index contributed by atoms with van der Waals surface area (Å²) in [4.78, 5) is 0. The Hall–Kier alpha value is -1.71. The van der Waals surface area contributed by atoms with Crippen molar-refractivity contribution in [2.24, 2.45) is 10.9 Å². The van der Waals surface area contributed by atoms with Crippen molar-refractivity contribution in [3.05, 3.63) is 58.1 Å². The lowest BCUT2D eigenvalue weighted by atomic mass is 10.2. The van der Waals surface area contributed by atoms with Crippen molar-refractivity contribution in [3.63, 3.8) is 0 Å². The zero-order valence-corrected chi connectivity index (χ0v) is 10.8. The second-order valence-corrected chi connectivity index (χ2v) is 4.34. The molecule has 2 aromatic carbocycles. The van der Waals surface area contributed by atoms with Crippen LogP contribution in [0.5, 0.6) is 11.5 Å². The Labute approximate surface area is 115 Å². The van der Waals surface area contributed by atoms with E-state index in [-0.39, 0.29) is 0 Å². The summed E-state index contributed by atoms with van der Waals surface area (Å²) in [7, 11) is 0. The van der Waals surface area contributed by atoms with Gasteiger partial charge in [-0.05, 0) is 29.8 Å². The molecule has 5 heteroatoms. The van der Waals surface area contributed by atoms with Gasteiger partial charge in [-0.15, -0.1) is 0 Å². The lowest BCUT2D eigenvalue weighted by molar-refractivity contribution is 0.482. The second-order valence-electron chi connectivity index (χ2n) is 3.53. The van der Waals surface area contributed by atoms with Crippen molar-refractivity contribution in [1.82, 2.24) is 0 Å². The van der Waals surface area contributed by atoms with Gasteiger partial charge in [0.2, 0.25) is 0 Å². The van der Waals surface area contributed by atoms with Gasteiger partial charge in [0, 0.05) is 6.07 Å². The number of nitrogens with zero attached hydrogens (tertiary/aromatic N) is 1. The van der Waals surface area contributed by atoms with Gasteiger partial charge in [0.15, 0.2) is 0 Å². The third-order valence-electron chi connectivity index (χ3n) is 2.21. The average Bonchev–Trinajstić information content (AvgIpc) is 2.35. The molecule has 0 fully saturated rings. The number of hydrogen-bond donors (Lipinski definition) is 1. The summed E-state index contributed by atoms with van der Waals surface area (Å²) in [5.41, 5.74) is 0.857. The molecule has 0 aliphatic carbocycles. The Morgan fingerprint density at radius 2 is 1.78 bits per heavy atom. The lowest BCUT2D eigenvalue weighted by Crippen LogP contribution is -1.89. The summed E-state index contributed by atoms with van der Waals surface area (Å²) in [6.45, 7) is 0. The first kappa shape index (κ1) is 12.7. The third-order valence-corrected chi connectivity index (χ3v) is 2.95. The molecule has 0 aromatic heterocycles. The molecule has 2 N–H and O–H groups in total. The van der Waals surface area contributed by atoms with Crippen molar-refractivity contribution >= 4 is 29.4 Å². The lowest BCUT2D eigenvalue weighted by Gasteiger charge is -2.07. The molecular formula is C13H10Cl2N2O. The van der Waals surface area contributed by atoms with E-state index in [9.17, 15) is 0 Å². The van der Waals surface area contributed by atoms with Crippen LogP contribution < -0.4 is 10.6 Å². The number of ether oxygens (including phenoxy) is 1. The number of benzene rings is 2. The van der Waals surface area contributed by atoms with Crippen LogP contribution in [0.1, 0.15) is 5.56 Å². The minimum absolute atomic E-state index is 0.453. The highest BCUT2D eigenvalue weighted by Gasteiger charge is 2.02. The third kappa shape index (κ3) is 3.15. The summed E-state index contributed by atoms with van der Waals surface area (Å²) < 4.78 is 5.66. The van der Waals surface area contributed by atoms with E-state index in [2.05, 4.69) is 5.10 Å². The Kier molecular flexibility index (Phi) is 4.07. The quantitative estimate of drug-likeness (QED) is 0.523. The average molecular weight is 281 g/mol. The molecule has 0 aliphatic rings. The molecule has 3 nitrogen and oxygen atoms in total. The van der Waals surface area contributed by atoms with Gasteiger partial charge in [0.1, 0.15) is 11.5 Å². The van der Waals surface area contributed by atoms with Crippen LogP contribution in [0, 0.1) is 0 Å². The Morgan fingerprint density at radius 3 is 2.50 bits per heavy atom. The minimum atomic E-state index is 0.453. The van der Waals surface area contributed by atoms with Crippen LogP contribution in [0.25, 0.3) is 0 Å². The van der Waals surface area contributed by atoms with Crippen molar-refractivity contribution in [2.45, 2.75) is 0 Å². The fourth-order valence-corrected chi connectivity index (χ4v) is 1.71. The SMILES string of the molecule is NN=Cc1cccc(Oc2ccc(Cl)c(Cl)c2)c1. The van der Waals surface area contributed by atoms with E-state index in [1.54, 1.807) is 24.4 Å². The molecule has 0 heterocycles. The van der Waals surface area contributed by atoms with Crippen LogP contribution >= 0.6 is 23.2 Å². The smallest absolute Gasteiger partial charge is 0.129 e. The van der Waals surface area contributed by atoms with Crippen molar-refractivity contribution in [1.29, 1.82) is 0 Å². The van der Waals surface area contributed by atoms with E-state index >= 15 is 0 Å². The molecular weight excluding hydrogens is 271 g/mol. The number of rotatable bonds is 3. The van der Waals surface area contributed by atoms with Gasteiger partial charge in [0.25, 0.3) is 0 Å². The zero-order valence-electron chi connectivity index (χ0n) is 9.31. The first-order valence-electron chi connectivity index (χ1n) is 5.15. The molecule has 0 spiro atoms. The summed E-state index contributed by atoms with van der Waals surface area (Å²) in [6.07, 6.45) is 1.54. The molecule has 2 aromatic rings. The summed E-state index contributed by atoms with van der Waals surface area (Å²) in [5, 5.41) is 4.41. The predicted molar refractivity (Wildman–Crippen MR) is 74.8 cm³/mol. The van der Waals surface area contributed by atoms with Crippen molar-refractivity contribution in [2.75, 3.05) is 0 Å². The molecule has 18 heavy (non-hydrogen) atoms. The topological polar surface area (TPSA) is 47.6 Å². The Morgan fingerprint density at radius 1 is 1.00 bits per heavy atom. The maximum Gasteiger partial charge on any atom is 0.129 e. The van der Waals surface area contributed by atoms with E-state index in [1.807, 2.05) is 24.3 Å². The predicted octanol–water partition coefficient (Wildman–Crippen LogP) is 4.08. The molecule has 0 aliphatic heterocycles. The van der Waals surface area contributed by atoms with Crippen molar-refractivity contribution in [3.8, 4) is 11.5 Å². The van der Waals surface area contributed by atoms with Gasteiger partial charge in [-0.3, -0.25) is 0 Å². The summed E-state index contributed by atoms with van der Waals surface area (Å²) >= 11 is 11.7. The van der Waals surface area contributed by atoms with E-state index in [4.69, 9.17) is 33.8 Å². The summed E-state index contributed by atoms with van der Waals surface area (Å²) in [6, 6.07) is 12.5. The minimum Gasteiger partial charge on any atom is -0.457 e. The highest BCUT2D eigenvalue weighted by molar-refractivity contribution is 6.42. The Balaban J connectivity index is 2.22. The van der Waals surface area contributed by atoms with Gasteiger partial charge in [-0.25, -0.2) is 0 Å². The van der Waals surface area contributed by atoms with E-state index in [0.717, 1.165) is 5.56 Å². The molecule has 0 atom stereocenters. The van der Waals surface area contributed by atoms with Gasteiger partial charge in [-0.1, -0.05) is 35.3 Å². The standard InChI is InChI=1S/C13H10Cl2N2O/c14-12-5-4-11(7-13(12)15)18-10-3-1-2-9(6-10)8-17-16/h1-8H,16H2. The molecule has 0 amide bonds. The largest absolute Gasteiger partial charge is 0.457 e. The highest BCUT2D eigenvalue weighted by atomic mass is 35.5. The molecule has 2 rings (SSSR count). The van der Waals surface area contributed by atoms with Crippen LogP contribution in [0.2, 0.25) is 10.0 Å². The van der Waals surface area contributed by atoms with Crippen molar-refractivity contribution < 1.29 is 4.74 Å². The van der Waals surface area contributed by atoms with Crippen LogP contribution in [-0.4, -0.2) is 6.21 Å². The van der Waals surface area contributed by atoms with Crippen LogP contribution in [0.15, 0.2) is 47.6 Å². The molecule has 0 radical (unpaired) electrons. The molecule has 0 saturated heterocycles. The molecule has 0 saturated carbocycles. The number of hydrogen-bond acceptors (Lipinski definition) is 3. The second kappa shape index (κ2) is 5.76. The Bertz CT molecular complexity index is 585. The number of halogens is 2. The fraction of sp³-hybridized carbons (Fsp3) is 0. The van der Waals surface area contributed by atoms with Gasteiger partial charge in [0.05, 0.1) is 16.3 Å². The van der Waals surface area contributed by atoms with Gasteiger partial charge >= 0.3 is 0 Å². The zero-order chi connectivity index (χ0) is 13.0. The van der Waals surface area contributed by atoms with Crippen LogP contribution in [-0.2, 0) is 0 Å². The molecule has 92 valence electrons. The van der Waals surface area contributed by atoms with E-state index < -0.39 is 0 Å².